The number of nitrogens with zero attached hydrogens (tertiary/aromatic N) is 4. The third-order valence-electron chi connectivity index (χ3n) is 2.53. The summed E-state index contributed by atoms with van der Waals surface area (Å²) < 4.78 is 0. The zero-order chi connectivity index (χ0) is 11.0. The van der Waals surface area contributed by atoms with Gasteiger partial charge in [0.25, 0.3) is 0 Å². The van der Waals surface area contributed by atoms with Crippen molar-refractivity contribution in [3.05, 3.63) is 47.0 Å². The molecule has 5 heteroatoms. The minimum Gasteiger partial charge on any atom is -0.339 e. The molecule has 0 atom stereocenters. The number of benzene rings is 1. The maximum absolute atomic E-state index is 8.52. The molecule has 76 valence electrons. The van der Waals surface area contributed by atoms with E-state index in [2.05, 4.69) is 20.0 Å². The molecule has 3 rings (SSSR count). The van der Waals surface area contributed by atoms with Crippen molar-refractivity contribution in [3.63, 3.8) is 0 Å². The van der Waals surface area contributed by atoms with Gasteiger partial charge >= 0.3 is 0 Å². The molecule has 0 bridgehead atoms. The quantitative estimate of drug-likeness (QED) is 0.370. The van der Waals surface area contributed by atoms with Crippen molar-refractivity contribution in [2.45, 2.75) is 0 Å². The molecule has 0 saturated heterocycles. The molecule has 0 saturated carbocycles. The SMILES string of the molecule is [N-]=[N+]=Nc1ccnc2[nH]c3ccccc3c12. The Morgan fingerprint density at radius 2 is 2.12 bits per heavy atom. The van der Waals surface area contributed by atoms with Crippen LogP contribution in [0.3, 0.4) is 0 Å². The first-order chi connectivity index (χ1) is 7.90. The van der Waals surface area contributed by atoms with Crippen molar-refractivity contribution < 1.29 is 0 Å². The Labute approximate surface area is 90.4 Å². The predicted octanol–water partition coefficient (Wildman–Crippen LogP) is 3.66. The van der Waals surface area contributed by atoms with E-state index in [1.165, 1.54) is 0 Å². The van der Waals surface area contributed by atoms with Crippen molar-refractivity contribution in [3.8, 4) is 0 Å². The van der Waals surface area contributed by atoms with Crippen LogP contribution in [-0.2, 0) is 0 Å². The summed E-state index contributed by atoms with van der Waals surface area (Å²) in [5.74, 6) is 0. The third kappa shape index (κ3) is 1.12. The van der Waals surface area contributed by atoms with E-state index >= 15 is 0 Å². The van der Waals surface area contributed by atoms with Crippen LogP contribution in [-0.4, -0.2) is 9.97 Å². The van der Waals surface area contributed by atoms with Crippen molar-refractivity contribution in [2.75, 3.05) is 0 Å². The number of aromatic amines is 1. The van der Waals surface area contributed by atoms with Gasteiger partial charge in [-0.05, 0) is 17.7 Å². The van der Waals surface area contributed by atoms with Gasteiger partial charge < -0.3 is 4.98 Å². The van der Waals surface area contributed by atoms with E-state index in [4.69, 9.17) is 5.53 Å². The van der Waals surface area contributed by atoms with Crippen LogP contribution >= 0.6 is 0 Å². The molecule has 0 radical (unpaired) electrons. The fourth-order valence-corrected chi connectivity index (χ4v) is 1.88. The number of H-pyrrole nitrogens is 1. The highest BCUT2D eigenvalue weighted by Crippen LogP contribution is 2.31. The molecule has 2 aromatic heterocycles. The summed E-state index contributed by atoms with van der Waals surface area (Å²) in [6.45, 7) is 0. The summed E-state index contributed by atoms with van der Waals surface area (Å²) in [6, 6.07) is 9.55. The van der Waals surface area contributed by atoms with Crippen LogP contribution in [0.1, 0.15) is 0 Å². The number of hydrogen-bond donors (Lipinski definition) is 1. The van der Waals surface area contributed by atoms with E-state index in [1.807, 2.05) is 24.3 Å². The van der Waals surface area contributed by atoms with Crippen LogP contribution in [0.25, 0.3) is 32.4 Å². The van der Waals surface area contributed by atoms with Gasteiger partial charge in [0, 0.05) is 27.4 Å². The van der Waals surface area contributed by atoms with Gasteiger partial charge in [-0.1, -0.05) is 23.3 Å². The van der Waals surface area contributed by atoms with Gasteiger partial charge in [-0.2, -0.15) is 0 Å². The average molecular weight is 209 g/mol. The molecule has 1 N–H and O–H groups in total. The minimum atomic E-state index is 0.602. The van der Waals surface area contributed by atoms with Gasteiger partial charge in [0.2, 0.25) is 0 Å². The normalized spacial score (nSPS) is 10.5. The van der Waals surface area contributed by atoms with Gasteiger partial charge in [0.05, 0.1) is 5.69 Å². The Hall–Kier alpha value is -2.52. The number of fused-ring (bicyclic) bond motifs is 3. The van der Waals surface area contributed by atoms with Crippen LogP contribution in [0.4, 0.5) is 5.69 Å². The van der Waals surface area contributed by atoms with Gasteiger partial charge in [0.1, 0.15) is 5.65 Å². The van der Waals surface area contributed by atoms with E-state index in [0.717, 1.165) is 21.9 Å². The van der Waals surface area contributed by atoms with E-state index in [9.17, 15) is 0 Å². The highest BCUT2D eigenvalue weighted by molar-refractivity contribution is 6.11. The summed E-state index contributed by atoms with van der Waals surface area (Å²) in [7, 11) is 0. The number of aromatic nitrogens is 2. The molecule has 0 amide bonds. The molecule has 5 nitrogen and oxygen atoms in total. The highest BCUT2D eigenvalue weighted by Gasteiger charge is 2.07. The van der Waals surface area contributed by atoms with Crippen LogP contribution in [0, 0.1) is 0 Å². The number of rotatable bonds is 1. The number of hydrogen-bond acceptors (Lipinski definition) is 2. The second-order valence-electron chi connectivity index (χ2n) is 3.41. The molecule has 0 fully saturated rings. The maximum atomic E-state index is 8.52. The summed E-state index contributed by atoms with van der Waals surface area (Å²) in [5.41, 5.74) is 10.9. The Morgan fingerprint density at radius 3 is 3.00 bits per heavy atom. The molecule has 2 heterocycles. The molecular formula is C11H7N5. The van der Waals surface area contributed by atoms with E-state index in [0.29, 0.717) is 5.69 Å². The standard InChI is InChI=1S/C11H7N5/c12-16-15-9-5-6-13-11-10(9)7-3-1-2-4-8(7)14-11/h1-6H,(H,13,14). The van der Waals surface area contributed by atoms with E-state index in [1.54, 1.807) is 12.3 Å². The lowest BCUT2D eigenvalue weighted by Gasteiger charge is -1.94. The number of nitrogens with one attached hydrogen (secondary N) is 1. The Balaban J connectivity index is 2.57. The monoisotopic (exact) mass is 209 g/mol. The van der Waals surface area contributed by atoms with Gasteiger partial charge in [-0.25, -0.2) is 4.98 Å². The number of pyridine rings is 1. The molecule has 1 aromatic carbocycles. The summed E-state index contributed by atoms with van der Waals surface area (Å²) in [4.78, 5) is 10.2. The fraction of sp³-hybridized carbons (Fsp3) is 0. The summed E-state index contributed by atoms with van der Waals surface area (Å²) >= 11 is 0. The number of azide groups is 1. The maximum Gasteiger partial charge on any atom is 0.138 e. The lowest BCUT2D eigenvalue weighted by atomic mass is 10.2. The van der Waals surface area contributed by atoms with Gasteiger partial charge in [-0.3, -0.25) is 0 Å². The largest absolute Gasteiger partial charge is 0.339 e. The van der Waals surface area contributed by atoms with Gasteiger partial charge in [-0.15, -0.1) is 0 Å². The second kappa shape index (κ2) is 3.25. The van der Waals surface area contributed by atoms with Crippen molar-refractivity contribution >= 4 is 27.6 Å². The Kier molecular flexibility index (Phi) is 1.78. The molecule has 0 aliphatic carbocycles. The summed E-state index contributed by atoms with van der Waals surface area (Å²) in [5, 5.41) is 5.57. The smallest absolute Gasteiger partial charge is 0.138 e. The van der Waals surface area contributed by atoms with Crippen LogP contribution in [0.2, 0.25) is 0 Å². The Morgan fingerprint density at radius 1 is 1.25 bits per heavy atom. The molecule has 0 unspecified atom stereocenters. The minimum absolute atomic E-state index is 0.602. The zero-order valence-corrected chi connectivity index (χ0v) is 8.25. The lowest BCUT2D eigenvalue weighted by Crippen LogP contribution is -1.74. The first-order valence-corrected chi connectivity index (χ1v) is 4.80. The molecule has 16 heavy (non-hydrogen) atoms. The topological polar surface area (TPSA) is 77.4 Å². The van der Waals surface area contributed by atoms with E-state index in [-0.39, 0.29) is 0 Å². The van der Waals surface area contributed by atoms with E-state index < -0.39 is 0 Å². The predicted molar refractivity (Wildman–Crippen MR) is 62.4 cm³/mol. The fourth-order valence-electron chi connectivity index (χ4n) is 1.88. The first-order valence-electron chi connectivity index (χ1n) is 4.80. The zero-order valence-electron chi connectivity index (χ0n) is 8.25. The van der Waals surface area contributed by atoms with Gasteiger partial charge in [0.15, 0.2) is 0 Å². The molecule has 3 aromatic rings. The highest BCUT2D eigenvalue weighted by atomic mass is 15.1. The third-order valence-corrected chi connectivity index (χ3v) is 2.53. The Bertz CT molecular complexity index is 721. The first kappa shape index (κ1) is 8.76. The molecule has 0 aliphatic heterocycles. The van der Waals surface area contributed by atoms with Crippen molar-refractivity contribution in [1.82, 2.24) is 9.97 Å². The lowest BCUT2D eigenvalue weighted by molar-refractivity contribution is 1.33. The molecular weight excluding hydrogens is 202 g/mol. The second-order valence-corrected chi connectivity index (χ2v) is 3.41. The van der Waals surface area contributed by atoms with Crippen LogP contribution in [0.15, 0.2) is 41.6 Å². The van der Waals surface area contributed by atoms with Crippen molar-refractivity contribution in [1.29, 1.82) is 0 Å². The number of para-hydroxylation sites is 1. The average Bonchev–Trinajstić information content (AvgIpc) is 2.68. The summed E-state index contributed by atoms with van der Waals surface area (Å²) in [6.07, 6.45) is 1.63. The van der Waals surface area contributed by atoms with Crippen LogP contribution in [0.5, 0.6) is 0 Å². The molecule has 0 spiro atoms. The van der Waals surface area contributed by atoms with Crippen molar-refractivity contribution in [2.24, 2.45) is 5.11 Å². The van der Waals surface area contributed by atoms with Crippen LogP contribution < -0.4 is 0 Å². The molecule has 0 aliphatic rings.